The van der Waals surface area contributed by atoms with Gasteiger partial charge in [0.25, 0.3) is 0 Å². The molecule has 0 unspecified atom stereocenters. The molecule has 1 atom stereocenters. The molecule has 1 N–H and O–H groups in total. The SMILES string of the molecule is C[C@H](OC(=O)Cc1csc(C(C)(C)C)n1)c1nc2ncc(Br)cc2[nH]1. The quantitative estimate of drug-likeness (QED) is 0.632. The molecule has 25 heavy (non-hydrogen) atoms. The normalized spacial score (nSPS) is 13.2. The molecule has 0 fully saturated rings. The number of thiazole rings is 1. The van der Waals surface area contributed by atoms with Gasteiger partial charge in [0.15, 0.2) is 11.8 Å². The summed E-state index contributed by atoms with van der Waals surface area (Å²) in [5, 5.41) is 2.92. The van der Waals surface area contributed by atoms with Crippen LogP contribution in [0.3, 0.4) is 0 Å². The number of ether oxygens (including phenoxy) is 1. The molecule has 0 bridgehead atoms. The van der Waals surface area contributed by atoms with Gasteiger partial charge < -0.3 is 9.72 Å². The lowest BCUT2D eigenvalue weighted by Gasteiger charge is -2.13. The van der Waals surface area contributed by atoms with Gasteiger partial charge in [-0.1, -0.05) is 20.8 Å². The molecule has 0 aliphatic heterocycles. The van der Waals surface area contributed by atoms with Gasteiger partial charge in [-0.2, -0.15) is 0 Å². The molecule has 0 spiro atoms. The second kappa shape index (κ2) is 6.84. The lowest BCUT2D eigenvalue weighted by atomic mass is 9.98. The zero-order valence-corrected chi connectivity index (χ0v) is 16.9. The second-order valence-electron chi connectivity index (χ2n) is 6.85. The van der Waals surface area contributed by atoms with E-state index in [0.29, 0.717) is 11.5 Å². The summed E-state index contributed by atoms with van der Waals surface area (Å²) in [6.07, 6.45) is 1.35. The predicted octanol–water partition coefficient (Wildman–Crippen LogP) is 4.32. The Labute approximate surface area is 158 Å². The Morgan fingerprint density at radius 2 is 2.16 bits per heavy atom. The largest absolute Gasteiger partial charge is 0.454 e. The Kier molecular flexibility index (Phi) is 4.92. The van der Waals surface area contributed by atoms with Crippen molar-refractivity contribution < 1.29 is 9.53 Å². The monoisotopic (exact) mass is 422 g/mol. The van der Waals surface area contributed by atoms with E-state index in [-0.39, 0.29) is 17.8 Å². The first-order chi connectivity index (χ1) is 11.7. The van der Waals surface area contributed by atoms with Crippen molar-refractivity contribution in [3.05, 3.63) is 38.6 Å². The minimum absolute atomic E-state index is 0.0182. The number of nitrogens with one attached hydrogen (secondary N) is 1. The van der Waals surface area contributed by atoms with Crippen molar-refractivity contribution in [1.29, 1.82) is 0 Å². The maximum absolute atomic E-state index is 12.2. The van der Waals surface area contributed by atoms with Crippen LogP contribution in [0.1, 0.15) is 50.3 Å². The van der Waals surface area contributed by atoms with Gasteiger partial charge in [-0.05, 0) is 28.9 Å². The highest BCUT2D eigenvalue weighted by atomic mass is 79.9. The maximum atomic E-state index is 12.2. The number of hydrogen-bond acceptors (Lipinski definition) is 6. The van der Waals surface area contributed by atoms with Gasteiger partial charge in [-0.15, -0.1) is 11.3 Å². The van der Waals surface area contributed by atoms with Crippen molar-refractivity contribution in [1.82, 2.24) is 19.9 Å². The zero-order valence-electron chi connectivity index (χ0n) is 14.5. The molecular formula is C17H19BrN4O2S. The molecule has 3 aromatic rings. The number of H-pyrrole nitrogens is 1. The van der Waals surface area contributed by atoms with E-state index in [9.17, 15) is 4.79 Å². The first kappa shape index (κ1) is 18.0. The van der Waals surface area contributed by atoms with Crippen LogP contribution in [0, 0.1) is 0 Å². The number of aromatic nitrogens is 4. The summed E-state index contributed by atoms with van der Waals surface area (Å²) in [5.41, 5.74) is 2.11. The summed E-state index contributed by atoms with van der Waals surface area (Å²) >= 11 is 4.94. The number of esters is 1. The van der Waals surface area contributed by atoms with E-state index >= 15 is 0 Å². The number of carbonyl (C=O) groups excluding carboxylic acids is 1. The lowest BCUT2D eigenvalue weighted by molar-refractivity contribution is -0.148. The molecule has 8 heteroatoms. The fourth-order valence-corrected chi connectivity index (χ4v) is 3.50. The Morgan fingerprint density at radius 1 is 1.40 bits per heavy atom. The molecule has 0 aromatic carbocycles. The van der Waals surface area contributed by atoms with Crippen LogP contribution in [0.5, 0.6) is 0 Å². The molecule has 6 nitrogen and oxygen atoms in total. The fraction of sp³-hybridized carbons (Fsp3) is 0.412. The molecule has 132 valence electrons. The summed E-state index contributed by atoms with van der Waals surface area (Å²) in [6.45, 7) is 8.09. The van der Waals surface area contributed by atoms with Crippen LogP contribution in [-0.2, 0) is 21.4 Å². The van der Waals surface area contributed by atoms with Crippen molar-refractivity contribution in [3.63, 3.8) is 0 Å². The molecule has 0 saturated heterocycles. The van der Waals surface area contributed by atoms with Crippen LogP contribution in [0.25, 0.3) is 11.2 Å². The molecule has 0 aliphatic rings. The second-order valence-corrected chi connectivity index (χ2v) is 8.62. The van der Waals surface area contributed by atoms with E-state index in [2.05, 4.69) is 56.6 Å². The fourth-order valence-electron chi connectivity index (χ4n) is 2.26. The van der Waals surface area contributed by atoms with Gasteiger partial charge >= 0.3 is 5.97 Å². The molecule has 3 rings (SSSR count). The Bertz CT molecular complexity index is 913. The Hall–Kier alpha value is -1.80. The van der Waals surface area contributed by atoms with Gasteiger partial charge in [0, 0.05) is 21.5 Å². The summed E-state index contributed by atoms with van der Waals surface area (Å²) in [7, 11) is 0. The van der Waals surface area contributed by atoms with Gasteiger partial charge in [0.2, 0.25) is 0 Å². The molecule has 3 aromatic heterocycles. The number of nitrogens with zero attached hydrogens (tertiary/aromatic N) is 3. The molecular weight excluding hydrogens is 404 g/mol. The van der Waals surface area contributed by atoms with Gasteiger partial charge in [-0.3, -0.25) is 4.79 Å². The molecule has 0 aliphatic carbocycles. The summed E-state index contributed by atoms with van der Waals surface area (Å²) in [5.74, 6) is 0.246. The Balaban J connectivity index is 1.66. The van der Waals surface area contributed by atoms with Gasteiger partial charge in [0.1, 0.15) is 5.82 Å². The number of aromatic amines is 1. The summed E-state index contributed by atoms with van der Waals surface area (Å²) in [6, 6.07) is 1.89. The van der Waals surface area contributed by atoms with E-state index in [1.54, 1.807) is 24.5 Å². The lowest BCUT2D eigenvalue weighted by Crippen LogP contribution is -2.14. The third kappa shape index (κ3) is 4.24. The van der Waals surface area contributed by atoms with Crippen molar-refractivity contribution >= 4 is 44.4 Å². The third-order valence-corrected chi connectivity index (χ3v) is 5.28. The number of fused-ring (bicyclic) bond motifs is 1. The van der Waals surface area contributed by atoms with Crippen LogP contribution in [0.2, 0.25) is 0 Å². The molecule has 0 amide bonds. The smallest absolute Gasteiger partial charge is 0.312 e. The van der Waals surface area contributed by atoms with Crippen LogP contribution < -0.4 is 0 Å². The zero-order chi connectivity index (χ0) is 18.2. The van der Waals surface area contributed by atoms with Crippen molar-refractivity contribution in [2.75, 3.05) is 0 Å². The number of carbonyl (C=O) groups is 1. The number of halogens is 1. The van der Waals surface area contributed by atoms with E-state index < -0.39 is 6.10 Å². The summed E-state index contributed by atoms with van der Waals surface area (Å²) < 4.78 is 6.35. The van der Waals surface area contributed by atoms with Crippen molar-refractivity contribution in [2.24, 2.45) is 0 Å². The van der Waals surface area contributed by atoms with Crippen molar-refractivity contribution in [3.8, 4) is 0 Å². The standard InChI is InChI=1S/C17H19BrN4O2S/c1-9(14-21-12-5-10(18)7-19-15(12)22-14)24-13(23)6-11-8-25-16(20-11)17(2,3)4/h5,7-9H,6H2,1-4H3,(H,19,21,22)/t9-/m0/s1. The molecule has 3 heterocycles. The molecule has 0 saturated carbocycles. The number of pyridine rings is 1. The third-order valence-electron chi connectivity index (χ3n) is 3.53. The number of hydrogen-bond donors (Lipinski definition) is 1. The first-order valence-corrected chi connectivity index (χ1v) is 9.55. The summed E-state index contributed by atoms with van der Waals surface area (Å²) in [4.78, 5) is 28.5. The van der Waals surface area contributed by atoms with Crippen LogP contribution >= 0.6 is 27.3 Å². The highest BCUT2D eigenvalue weighted by Crippen LogP contribution is 2.26. The van der Waals surface area contributed by atoms with E-state index in [1.807, 2.05) is 11.4 Å². The average Bonchev–Trinajstić information content (AvgIpc) is 3.12. The number of imidazole rings is 1. The van der Waals surface area contributed by atoms with Gasteiger partial charge in [-0.25, -0.2) is 15.0 Å². The van der Waals surface area contributed by atoms with E-state index in [4.69, 9.17) is 4.74 Å². The minimum Gasteiger partial charge on any atom is -0.454 e. The van der Waals surface area contributed by atoms with E-state index in [1.165, 1.54) is 0 Å². The predicted molar refractivity (Wildman–Crippen MR) is 101 cm³/mol. The van der Waals surface area contributed by atoms with Crippen molar-refractivity contribution in [2.45, 2.75) is 45.6 Å². The van der Waals surface area contributed by atoms with Crippen LogP contribution in [0.4, 0.5) is 0 Å². The van der Waals surface area contributed by atoms with Crippen LogP contribution in [0.15, 0.2) is 22.1 Å². The first-order valence-electron chi connectivity index (χ1n) is 7.88. The topological polar surface area (TPSA) is 80.8 Å². The minimum atomic E-state index is -0.485. The maximum Gasteiger partial charge on any atom is 0.312 e. The average molecular weight is 423 g/mol. The van der Waals surface area contributed by atoms with E-state index in [0.717, 1.165) is 20.7 Å². The molecule has 0 radical (unpaired) electrons. The van der Waals surface area contributed by atoms with Gasteiger partial charge in [0.05, 0.1) is 22.6 Å². The highest BCUT2D eigenvalue weighted by Gasteiger charge is 2.21. The number of rotatable bonds is 4. The Morgan fingerprint density at radius 3 is 2.84 bits per heavy atom. The highest BCUT2D eigenvalue weighted by molar-refractivity contribution is 9.10. The van der Waals surface area contributed by atoms with Crippen LogP contribution in [-0.4, -0.2) is 25.9 Å².